The maximum atomic E-state index is 6.24. The lowest BCUT2D eigenvalue weighted by Crippen LogP contribution is -2.40. The largest absolute Gasteiger partial charge is 0.329 e. The highest BCUT2D eigenvalue weighted by Gasteiger charge is 2.58. The molecule has 26 heavy (non-hydrogen) atoms. The van der Waals surface area contributed by atoms with E-state index in [0.717, 1.165) is 53.5 Å². The van der Waals surface area contributed by atoms with Crippen molar-refractivity contribution in [2.24, 2.45) is 35.3 Å². The number of nitrogens with zero attached hydrogens (tertiary/aromatic N) is 1. The fourth-order valence-corrected chi connectivity index (χ4v) is 8.66. The van der Waals surface area contributed by atoms with Gasteiger partial charge >= 0.3 is 0 Å². The van der Waals surface area contributed by atoms with Gasteiger partial charge in [0, 0.05) is 29.1 Å². The number of thioether (sulfide) groups is 1. The van der Waals surface area contributed by atoms with E-state index in [1.807, 2.05) is 0 Å². The zero-order valence-electron chi connectivity index (χ0n) is 18.0. The summed E-state index contributed by atoms with van der Waals surface area (Å²) in [4.78, 5) is 2.72. The molecule has 152 valence electrons. The smallest absolute Gasteiger partial charge is 0.0286 e. The molecule has 10 atom stereocenters. The standard InChI is InChI=1S/C23H44N2S/c1-6-9-10-19-15(4)11-18(26-21(19)14-24)13-20-16(7-2)12-17(8-3)22-23(20)25(22)5/h15-23H,6-14,24H2,1-5H3. The van der Waals surface area contributed by atoms with Crippen molar-refractivity contribution in [1.29, 1.82) is 0 Å². The number of unbranched alkanes of at least 4 members (excludes halogenated alkanes) is 1. The Labute approximate surface area is 167 Å². The van der Waals surface area contributed by atoms with Gasteiger partial charge in [0.2, 0.25) is 0 Å². The summed E-state index contributed by atoms with van der Waals surface area (Å²) in [5.41, 5.74) is 6.24. The van der Waals surface area contributed by atoms with Crippen molar-refractivity contribution < 1.29 is 0 Å². The topological polar surface area (TPSA) is 29.0 Å². The van der Waals surface area contributed by atoms with Crippen LogP contribution < -0.4 is 5.73 Å². The minimum absolute atomic E-state index is 0.704. The number of hydrogen-bond donors (Lipinski definition) is 1. The van der Waals surface area contributed by atoms with Crippen molar-refractivity contribution in [1.82, 2.24) is 4.90 Å². The Balaban J connectivity index is 1.63. The molecule has 2 nitrogen and oxygen atoms in total. The number of likely N-dealkylation sites (tertiary alicyclic amines) is 1. The van der Waals surface area contributed by atoms with Crippen LogP contribution in [0, 0.1) is 29.6 Å². The van der Waals surface area contributed by atoms with Crippen LogP contribution in [-0.2, 0) is 0 Å². The zero-order valence-corrected chi connectivity index (χ0v) is 18.8. The van der Waals surface area contributed by atoms with E-state index in [9.17, 15) is 0 Å². The maximum absolute atomic E-state index is 6.24. The molecule has 0 radical (unpaired) electrons. The van der Waals surface area contributed by atoms with E-state index in [0.29, 0.717) is 5.25 Å². The van der Waals surface area contributed by atoms with E-state index in [4.69, 9.17) is 5.73 Å². The SMILES string of the molecule is CCCCC1C(C)CC(CC2C(CC)CC(CC)C3C2N3C)SC1CN. The molecule has 0 amide bonds. The van der Waals surface area contributed by atoms with Gasteiger partial charge in [-0.05, 0) is 62.3 Å². The molecule has 0 aromatic heterocycles. The third kappa shape index (κ3) is 4.15. The summed E-state index contributed by atoms with van der Waals surface area (Å²) in [6.07, 6.45) is 11.2. The Morgan fingerprint density at radius 3 is 2.35 bits per heavy atom. The predicted octanol–water partition coefficient (Wildman–Crippen LogP) is 5.41. The van der Waals surface area contributed by atoms with Crippen LogP contribution >= 0.6 is 11.8 Å². The van der Waals surface area contributed by atoms with Gasteiger partial charge in [-0.15, -0.1) is 0 Å². The van der Waals surface area contributed by atoms with Crippen LogP contribution in [0.4, 0.5) is 0 Å². The normalized spacial score (nSPS) is 48.2. The molecule has 2 heterocycles. The van der Waals surface area contributed by atoms with Crippen molar-refractivity contribution in [3.63, 3.8) is 0 Å². The Kier molecular flexibility index (Phi) is 7.41. The van der Waals surface area contributed by atoms with E-state index in [2.05, 4.69) is 51.4 Å². The first-order chi connectivity index (χ1) is 12.5. The average Bonchev–Trinajstić information content (AvgIpc) is 3.32. The van der Waals surface area contributed by atoms with E-state index in [-0.39, 0.29) is 0 Å². The first-order valence-corrected chi connectivity index (χ1v) is 12.6. The van der Waals surface area contributed by atoms with Crippen molar-refractivity contribution in [2.45, 2.75) is 102 Å². The van der Waals surface area contributed by atoms with E-state index < -0.39 is 0 Å². The third-order valence-electron chi connectivity index (χ3n) is 8.25. The molecule has 0 bridgehead atoms. The Bertz CT molecular complexity index is 440. The molecule has 3 heteroatoms. The average molecular weight is 381 g/mol. The molecule has 1 aliphatic carbocycles. The molecule has 1 saturated carbocycles. The molecule has 0 spiro atoms. The van der Waals surface area contributed by atoms with Gasteiger partial charge in [-0.1, -0.05) is 53.4 Å². The number of likely N-dealkylation sites (N-methyl/N-ethyl adjacent to an activating group) is 1. The van der Waals surface area contributed by atoms with Crippen LogP contribution in [0.3, 0.4) is 0 Å². The first-order valence-electron chi connectivity index (χ1n) is 11.6. The molecule has 2 aliphatic heterocycles. The third-order valence-corrected chi connectivity index (χ3v) is 9.91. The highest BCUT2D eigenvalue weighted by molar-refractivity contribution is 8.00. The van der Waals surface area contributed by atoms with E-state index in [1.165, 1.54) is 51.4 Å². The molecule has 2 N–H and O–H groups in total. The second-order valence-electron chi connectivity index (χ2n) is 9.67. The van der Waals surface area contributed by atoms with Crippen LogP contribution in [-0.4, -0.2) is 41.1 Å². The highest BCUT2D eigenvalue weighted by atomic mass is 32.2. The Morgan fingerprint density at radius 2 is 1.73 bits per heavy atom. The van der Waals surface area contributed by atoms with Crippen molar-refractivity contribution in [2.75, 3.05) is 13.6 Å². The summed E-state index contributed by atoms with van der Waals surface area (Å²) in [7, 11) is 2.39. The highest BCUT2D eigenvalue weighted by Crippen LogP contribution is 2.54. The second-order valence-corrected chi connectivity index (χ2v) is 11.2. The van der Waals surface area contributed by atoms with Gasteiger partial charge in [0.1, 0.15) is 0 Å². The Hall–Kier alpha value is 0.270. The summed E-state index contributed by atoms with van der Waals surface area (Å²) in [6, 6.07) is 1.80. The van der Waals surface area contributed by atoms with Crippen molar-refractivity contribution in [3.8, 4) is 0 Å². The predicted molar refractivity (Wildman–Crippen MR) is 117 cm³/mol. The molecular formula is C23H44N2S. The summed E-state index contributed by atoms with van der Waals surface area (Å²) < 4.78 is 0. The van der Waals surface area contributed by atoms with Gasteiger partial charge in [-0.3, -0.25) is 4.90 Å². The molecular weight excluding hydrogens is 336 g/mol. The minimum Gasteiger partial charge on any atom is -0.329 e. The lowest BCUT2D eigenvalue weighted by atomic mass is 9.70. The van der Waals surface area contributed by atoms with Gasteiger partial charge in [-0.25, -0.2) is 0 Å². The number of rotatable bonds is 8. The first kappa shape index (κ1) is 21.0. The number of hydrogen-bond acceptors (Lipinski definition) is 3. The molecule has 3 fully saturated rings. The van der Waals surface area contributed by atoms with E-state index in [1.54, 1.807) is 0 Å². The molecule has 0 aromatic carbocycles. The molecule has 2 saturated heterocycles. The molecule has 10 unspecified atom stereocenters. The minimum atomic E-state index is 0.704. The van der Waals surface area contributed by atoms with Crippen LogP contribution in [0.5, 0.6) is 0 Å². The van der Waals surface area contributed by atoms with Crippen molar-refractivity contribution in [3.05, 3.63) is 0 Å². The summed E-state index contributed by atoms with van der Waals surface area (Å²) in [5.74, 6) is 4.57. The fraction of sp³-hybridized carbons (Fsp3) is 1.00. The zero-order chi connectivity index (χ0) is 18.8. The fourth-order valence-electron chi connectivity index (χ4n) is 6.70. The van der Waals surface area contributed by atoms with Crippen LogP contribution in [0.2, 0.25) is 0 Å². The maximum Gasteiger partial charge on any atom is 0.0286 e. The van der Waals surface area contributed by atoms with Gasteiger partial charge in [0.25, 0.3) is 0 Å². The van der Waals surface area contributed by atoms with Gasteiger partial charge in [0.05, 0.1) is 0 Å². The van der Waals surface area contributed by atoms with Gasteiger partial charge in [-0.2, -0.15) is 11.8 Å². The van der Waals surface area contributed by atoms with Gasteiger partial charge < -0.3 is 5.73 Å². The van der Waals surface area contributed by atoms with Crippen LogP contribution in [0.15, 0.2) is 0 Å². The number of fused-ring (bicyclic) bond motifs is 1. The molecule has 3 aliphatic rings. The Morgan fingerprint density at radius 1 is 1.00 bits per heavy atom. The van der Waals surface area contributed by atoms with Gasteiger partial charge in [0.15, 0.2) is 0 Å². The summed E-state index contributed by atoms with van der Waals surface area (Å²) in [6.45, 7) is 10.6. The lowest BCUT2D eigenvalue weighted by Gasteiger charge is -2.43. The lowest BCUT2D eigenvalue weighted by molar-refractivity contribution is 0.186. The van der Waals surface area contributed by atoms with Crippen LogP contribution in [0.25, 0.3) is 0 Å². The monoisotopic (exact) mass is 380 g/mol. The quantitative estimate of drug-likeness (QED) is 0.571. The van der Waals surface area contributed by atoms with Crippen molar-refractivity contribution >= 4 is 11.8 Å². The second kappa shape index (κ2) is 9.18. The van der Waals surface area contributed by atoms with E-state index >= 15 is 0 Å². The van der Waals surface area contributed by atoms with Crippen LogP contribution in [0.1, 0.15) is 79.1 Å². The summed E-state index contributed by atoms with van der Waals surface area (Å²) in [5, 5.41) is 1.55. The number of nitrogens with two attached hydrogens (primary N) is 1. The summed E-state index contributed by atoms with van der Waals surface area (Å²) >= 11 is 2.28. The molecule has 0 aromatic rings. The molecule has 3 rings (SSSR count).